The molecule has 2 heterocycles. The Kier molecular flexibility index (Phi) is 6.45. The Morgan fingerprint density at radius 3 is 2.44 bits per heavy atom. The van der Waals surface area contributed by atoms with Gasteiger partial charge in [0.15, 0.2) is 0 Å². The molecule has 1 atom stereocenters. The lowest BCUT2D eigenvalue weighted by Crippen LogP contribution is -2.33. The highest BCUT2D eigenvalue weighted by atomic mass is 16.5. The molecule has 0 amide bonds. The number of phenolic OH excluding ortho intramolecular Hbond substituents is 2. The van der Waals surface area contributed by atoms with Crippen LogP contribution in [0.15, 0.2) is 66.7 Å². The van der Waals surface area contributed by atoms with Gasteiger partial charge in [-0.3, -0.25) is 4.90 Å². The van der Waals surface area contributed by atoms with Gasteiger partial charge in [-0.2, -0.15) is 0 Å². The van der Waals surface area contributed by atoms with Crippen molar-refractivity contribution in [3.8, 4) is 23.0 Å². The van der Waals surface area contributed by atoms with Crippen LogP contribution in [0.2, 0.25) is 0 Å². The van der Waals surface area contributed by atoms with Crippen molar-refractivity contribution in [2.24, 2.45) is 0 Å². The molecule has 2 aliphatic rings. The maximum atomic E-state index is 10.1. The molecule has 5 heteroatoms. The fraction of sp³-hybridized carbons (Fsp3) is 0.310. The van der Waals surface area contributed by atoms with E-state index >= 15 is 0 Å². The third-order valence-electron chi connectivity index (χ3n) is 6.74. The minimum absolute atomic E-state index is 0.196. The van der Waals surface area contributed by atoms with Crippen LogP contribution in [0.25, 0.3) is 11.1 Å². The first-order valence-corrected chi connectivity index (χ1v) is 12.0. The highest BCUT2D eigenvalue weighted by Gasteiger charge is 2.29. The van der Waals surface area contributed by atoms with E-state index < -0.39 is 0 Å². The molecule has 5 rings (SSSR count). The number of nitrogens with zero attached hydrogens (tertiary/aromatic N) is 1. The summed E-state index contributed by atoms with van der Waals surface area (Å²) in [6.45, 7) is 6.02. The Hall–Kier alpha value is -3.44. The number of aromatic hydroxyl groups is 2. The largest absolute Gasteiger partial charge is 0.508 e. The van der Waals surface area contributed by atoms with E-state index in [1.54, 1.807) is 30.3 Å². The van der Waals surface area contributed by atoms with Crippen LogP contribution in [0.3, 0.4) is 0 Å². The van der Waals surface area contributed by atoms with Crippen LogP contribution in [0.1, 0.15) is 49.0 Å². The topological polar surface area (TPSA) is 62.2 Å². The molecule has 2 aliphatic heterocycles. The zero-order valence-electron chi connectivity index (χ0n) is 19.5. The number of allylic oxidation sites excluding steroid dienone is 1. The molecule has 1 fully saturated rings. The van der Waals surface area contributed by atoms with Gasteiger partial charge in [-0.15, -0.1) is 0 Å². The molecule has 0 spiro atoms. The third kappa shape index (κ3) is 4.75. The predicted molar refractivity (Wildman–Crippen MR) is 134 cm³/mol. The van der Waals surface area contributed by atoms with Gasteiger partial charge < -0.3 is 19.7 Å². The van der Waals surface area contributed by atoms with Gasteiger partial charge in [0.05, 0.1) is 0 Å². The molecule has 0 bridgehead atoms. The van der Waals surface area contributed by atoms with E-state index in [4.69, 9.17) is 9.47 Å². The molecule has 0 aromatic heterocycles. The highest BCUT2D eigenvalue weighted by molar-refractivity contribution is 5.95. The minimum atomic E-state index is -0.346. The summed E-state index contributed by atoms with van der Waals surface area (Å²) in [6, 6.07) is 20.5. The van der Waals surface area contributed by atoms with Crippen LogP contribution >= 0.6 is 0 Å². The quantitative estimate of drug-likeness (QED) is 0.473. The standard InChI is InChI=1S/C29H31NO4/c1-20-26-19-24(32)10-13-27(26)34-29(28(20)22-6-5-7-23(31)18-22)21-8-11-25(12-9-21)33-17-16-30-14-3-2-4-15-30/h5-13,18-19,29,31-32H,2-4,14-17H2,1H3. The summed E-state index contributed by atoms with van der Waals surface area (Å²) in [7, 11) is 0. The summed E-state index contributed by atoms with van der Waals surface area (Å²) >= 11 is 0. The van der Waals surface area contributed by atoms with Crippen molar-refractivity contribution >= 4 is 11.1 Å². The average Bonchev–Trinajstić information content (AvgIpc) is 2.85. The van der Waals surface area contributed by atoms with Gasteiger partial charge in [-0.25, -0.2) is 0 Å². The maximum Gasteiger partial charge on any atom is 0.150 e. The van der Waals surface area contributed by atoms with E-state index in [9.17, 15) is 10.2 Å². The normalized spacial score (nSPS) is 18.3. The van der Waals surface area contributed by atoms with Crippen molar-refractivity contribution < 1.29 is 19.7 Å². The molecule has 0 aliphatic carbocycles. The second kappa shape index (κ2) is 9.82. The number of rotatable bonds is 6. The van der Waals surface area contributed by atoms with Gasteiger partial charge in [0.1, 0.15) is 35.7 Å². The van der Waals surface area contributed by atoms with Gasteiger partial charge in [0.2, 0.25) is 0 Å². The zero-order chi connectivity index (χ0) is 23.5. The number of fused-ring (bicyclic) bond motifs is 1. The average molecular weight is 458 g/mol. The van der Waals surface area contributed by atoms with E-state index in [1.807, 2.05) is 43.3 Å². The van der Waals surface area contributed by atoms with Crippen molar-refractivity contribution in [3.05, 3.63) is 83.4 Å². The van der Waals surface area contributed by atoms with Crippen molar-refractivity contribution in [2.45, 2.75) is 32.3 Å². The van der Waals surface area contributed by atoms with Crippen molar-refractivity contribution in [2.75, 3.05) is 26.2 Å². The molecule has 34 heavy (non-hydrogen) atoms. The van der Waals surface area contributed by atoms with E-state index in [0.29, 0.717) is 6.61 Å². The number of hydrogen-bond acceptors (Lipinski definition) is 5. The molecule has 0 saturated carbocycles. The molecule has 0 radical (unpaired) electrons. The molecular weight excluding hydrogens is 426 g/mol. The van der Waals surface area contributed by atoms with Crippen LogP contribution in [-0.4, -0.2) is 41.4 Å². The van der Waals surface area contributed by atoms with Gasteiger partial charge >= 0.3 is 0 Å². The molecule has 1 saturated heterocycles. The van der Waals surface area contributed by atoms with Crippen LogP contribution in [0.5, 0.6) is 23.0 Å². The summed E-state index contributed by atoms with van der Waals surface area (Å²) < 4.78 is 12.5. The zero-order valence-corrected chi connectivity index (χ0v) is 19.5. The minimum Gasteiger partial charge on any atom is -0.508 e. The lowest BCUT2D eigenvalue weighted by Gasteiger charge is -2.31. The SMILES string of the molecule is CC1=C(c2cccc(O)c2)C(c2ccc(OCCN3CCCCC3)cc2)Oc2ccc(O)cc21. The number of phenols is 2. The number of hydrogen-bond donors (Lipinski definition) is 2. The number of ether oxygens (including phenoxy) is 2. The summed E-state index contributed by atoms with van der Waals surface area (Å²) in [6.07, 6.45) is 3.56. The highest BCUT2D eigenvalue weighted by Crippen LogP contribution is 2.47. The maximum absolute atomic E-state index is 10.1. The molecule has 3 aromatic carbocycles. The van der Waals surface area contributed by atoms with Gasteiger partial charge in [-0.05, 0) is 92.0 Å². The fourth-order valence-electron chi connectivity index (χ4n) is 4.93. The first-order valence-electron chi connectivity index (χ1n) is 12.0. The fourth-order valence-corrected chi connectivity index (χ4v) is 4.93. The van der Waals surface area contributed by atoms with E-state index in [2.05, 4.69) is 4.90 Å². The van der Waals surface area contributed by atoms with Crippen molar-refractivity contribution in [3.63, 3.8) is 0 Å². The molecule has 5 nitrogen and oxygen atoms in total. The Bertz CT molecular complexity index is 1180. The van der Waals surface area contributed by atoms with Gasteiger partial charge in [0, 0.05) is 17.7 Å². The molecule has 2 N–H and O–H groups in total. The van der Waals surface area contributed by atoms with Crippen LogP contribution < -0.4 is 9.47 Å². The summed E-state index contributed by atoms with van der Waals surface area (Å²) in [4.78, 5) is 2.47. The van der Waals surface area contributed by atoms with Crippen molar-refractivity contribution in [1.82, 2.24) is 4.90 Å². The monoisotopic (exact) mass is 457 g/mol. The Balaban J connectivity index is 1.40. The van der Waals surface area contributed by atoms with E-state index in [-0.39, 0.29) is 17.6 Å². The van der Waals surface area contributed by atoms with Gasteiger partial charge in [0.25, 0.3) is 0 Å². The second-order valence-corrected chi connectivity index (χ2v) is 9.09. The molecule has 176 valence electrons. The Morgan fingerprint density at radius 2 is 1.68 bits per heavy atom. The van der Waals surface area contributed by atoms with Gasteiger partial charge in [-0.1, -0.05) is 30.7 Å². The second-order valence-electron chi connectivity index (χ2n) is 9.09. The lowest BCUT2D eigenvalue weighted by molar-refractivity contribution is 0.183. The molecular formula is C29H31NO4. The third-order valence-corrected chi connectivity index (χ3v) is 6.74. The first kappa shape index (κ1) is 22.4. The number of benzene rings is 3. The molecule has 1 unspecified atom stereocenters. The smallest absolute Gasteiger partial charge is 0.150 e. The van der Waals surface area contributed by atoms with Crippen molar-refractivity contribution in [1.29, 1.82) is 0 Å². The molecule has 3 aromatic rings. The van der Waals surface area contributed by atoms with Crippen LogP contribution in [0, 0.1) is 0 Å². The number of piperidine rings is 1. The van der Waals surface area contributed by atoms with E-state index in [1.165, 1.54) is 32.4 Å². The predicted octanol–water partition coefficient (Wildman–Crippen LogP) is 6.03. The summed E-state index contributed by atoms with van der Waals surface area (Å²) in [5, 5.41) is 20.2. The van der Waals surface area contributed by atoms with Crippen LogP contribution in [-0.2, 0) is 0 Å². The Labute approximate surface area is 200 Å². The lowest BCUT2D eigenvalue weighted by atomic mass is 9.86. The number of likely N-dealkylation sites (tertiary alicyclic amines) is 1. The summed E-state index contributed by atoms with van der Waals surface area (Å²) in [5.74, 6) is 1.98. The first-order chi connectivity index (χ1) is 16.6. The van der Waals surface area contributed by atoms with E-state index in [0.717, 1.165) is 45.9 Å². The Morgan fingerprint density at radius 1 is 0.912 bits per heavy atom. The summed E-state index contributed by atoms with van der Waals surface area (Å²) in [5.41, 5.74) is 4.72. The van der Waals surface area contributed by atoms with Crippen LogP contribution in [0.4, 0.5) is 0 Å².